The van der Waals surface area contributed by atoms with Gasteiger partial charge in [-0.1, -0.05) is 53.4 Å². The molecule has 2 aliphatic carbocycles. The predicted molar refractivity (Wildman–Crippen MR) is 89.2 cm³/mol. The molecule has 0 saturated carbocycles. The molecule has 0 amide bonds. The fourth-order valence-electron chi connectivity index (χ4n) is 2.47. The molecule has 0 fully saturated rings. The van der Waals surface area contributed by atoms with Crippen molar-refractivity contribution in [1.29, 1.82) is 0 Å². The van der Waals surface area contributed by atoms with Gasteiger partial charge in [0.1, 0.15) is 0 Å². The van der Waals surface area contributed by atoms with Gasteiger partial charge >= 0.3 is 26.2 Å². The Morgan fingerprint density at radius 3 is 2.10 bits per heavy atom. The van der Waals surface area contributed by atoms with Gasteiger partial charge in [0.05, 0.1) is 0 Å². The van der Waals surface area contributed by atoms with Gasteiger partial charge in [-0.3, -0.25) is 12.2 Å². The summed E-state index contributed by atoms with van der Waals surface area (Å²) in [7, 11) is 0. The van der Waals surface area contributed by atoms with Crippen LogP contribution in [0.1, 0.15) is 67.7 Å². The van der Waals surface area contributed by atoms with Gasteiger partial charge in [-0.2, -0.15) is 17.2 Å². The molecule has 21 heavy (non-hydrogen) atoms. The molecule has 0 spiro atoms. The third-order valence-electron chi connectivity index (χ3n) is 4.32. The van der Waals surface area contributed by atoms with E-state index in [1.165, 1.54) is 35.1 Å². The second kappa shape index (κ2) is 9.09. The van der Waals surface area contributed by atoms with Crippen molar-refractivity contribution in [3.63, 3.8) is 0 Å². The second-order valence-electron chi connectivity index (χ2n) is 6.87. The van der Waals surface area contributed by atoms with E-state index >= 15 is 0 Å². The van der Waals surface area contributed by atoms with E-state index in [0.717, 1.165) is 12.3 Å². The van der Waals surface area contributed by atoms with Crippen molar-refractivity contribution in [2.24, 2.45) is 11.3 Å². The average Bonchev–Trinajstić information content (AvgIpc) is 2.92. The van der Waals surface area contributed by atoms with Crippen LogP contribution in [0.3, 0.4) is 0 Å². The first-order chi connectivity index (χ1) is 9.24. The fraction of sp³-hybridized carbons (Fsp3) is 0.600. The van der Waals surface area contributed by atoms with Gasteiger partial charge in [-0.05, 0) is 12.3 Å². The predicted octanol–water partition coefficient (Wildman–Crippen LogP) is 6.22. The Kier molecular flexibility index (Phi) is 9.02. The van der Waals surface area contributed by atoms with E-state index in [0.29, 0.717) is 0 Å². The van der Waals surface area contributed by atoms with Crippen molar-refractivity contribution in [3.8, 4) is 0 Å². The minimum absolute atomic E-state index is 0. The molecule has 0 atom stereocenters. The average molecular weight is 362 g/mol. The smallest absolute Gasteiger partial charge is 0.269 e. The molecule has 0 aromatic carbocycles. The van der Waals surface area contributed by atoms with Crippen molar-refractivity contribution in [2.75, 3.05) is 0 Å². The zero-order valence-corrected chi connectivity index (χ0v) is 17.3. The molecule has 0 bridgehead atoms. The number of rotatable bonds is 3. The van der Waals surface area contributed by atoms with Gasteiger partial charge in [0.2, 0.25) is 0 Å². The number of allylic oxidation sites excluding steroid dienone is 8. The summed E-state index contributed by atoms with van der Waals surface area (Å²) in [6.07, 6.45) is 14.7. The van der Waals surface area contributed by atoms with Gasteiger partial charge in [0, 0.05) is 0 Å². The molecule has 0 heterocycles. The third kappa shape index (κ3) is 6.64. The van der Waals surface area contributed by atoms with Crippen molar-refractivity contribution in [3.05, 3.63) is 46.6 Å². The molecule has 0 aromatic rings. The molecule has 0 N–H and O–H groups in total. The van der Waals surface area contributed by atoms with Gasteiger partial charge in [-0.15, -0.1) is 13.3 Å². The molecular formula is C20H30Zr. The summed E-state index contributed by atoms with van der Waals surface area (Å²) in [6.45, 7) is 15.4. The van der Waals surface area contributed by atoms with Crippen LogP contribution in [0.5, 0.6) is 0 Å². The monoisotopic (exact) mass is 360 g/mol. The standard InChI is InChI=1S/2C10H15.Zr/c1-7-6-10(4,5)9(3)8(7)2;1-9(2)7-8-10-5-3-4-6-10;/h1-5H3;3,5,9H,4,7-8H2,1-2H3;/q2*-1;+2. The molecule has 114 valence electrons. The molecule has 0 radical (unpaired) electrons. The van der Waals surface area contributed by atoms with Crippen molar-refractivity contribution < 1.29 is 26.2 Å². The minimum Gasteiger partial charge on any atom is -0.269 e. The van der Waals surface area contributed by atoms with Crippen LogP contribution in [-0.4, -0.2) is 0 Å². The molecule has 2 rings (SSSR count). The van der Waals surface area contributed by atoms with E-state index in [2.05, 4.69) is 72.8 Å². The van der Waals surface area contributed by atoms with Crippen molar-refractivity contribution in [2.45, 2.75) is 67.7 Å². The molecule has 0 nitrogen and oxygen atoms in total. The first kappa shape index (κ1) is 20.8. The molecule has 0 aromatic heterocycles. The largest absolute Gasteiger partial charge is 2.00 e. The van der Waals surface area contributed by atoms with E-state index in [1.807, 2.05) is 0 Å². The normalized spacial score (nSPS) is 19.0. The maximum atomic E-state index is 3.44. The Labute approximate surface area is 151 Å². The van der Waals surface area contributed by atoms with Crippen molar-refractivity contribution >= 4 is 0 Å². The van der Waals surface area contributed by atoms with Gasteiger partial charge in [0.15, 0.2) is 0 Å². The molecule has 0 saturated heterocycles. The van der Waals surface area contributed by atoms with Gasteiger partial charge in [0.25, 0.3) is 0 Å². The maximum absolute atomic E-state index is 3.44. The Balaban J connectivity index is 0.000000364. The summed E-state index contributed by atoms with van der Waals surface area (Å²) in [4.78, 5) is 0. The van der Waals surface area contributed by atoms with E-state index in [9.17, 15) is 0 Å². The van der Waals surface area contributed by atoms with Gasteiger partial charge < -0.3 is 0 Å². The summed E-state index contributed by atoms with van der Waals surface area (Å²) in [6, 6.07) is 0. The van der Waals surface area contributed by atoms with E-state index in [4.69, 9.17) is 0 Å². The van der Waals surface area contributed by atoms with Crippen LogP contribution < -0.4 is 0 Å². The quantitative estimate of drug-likeness (QED) is 0.523. The van der Waals surface area contributed by atoms with E-state index in [-0.39, 0.29) is 31.6 Å². The number of hydrogen-bond donors (Lipinski definition) is 0. The molecule has 0 aliphatic heterocycles. The summed E-state index contributed by atoms with van der Waals surface area (Å²) in [5.41, 5.74) is 5.81. The zero-order valence-electron chi connectivity index (χ0n) is 14.9. The van der Waals surface area contributed by atoms with Crippen LogP contribution in [0.15, 0.2) is 34.4 Å². The van der Waals surface area contributed by atoms with Crippen LogP contribution in [0.2, 0.25) is 0 Å². The Morgan fingerprint density at radius 1 is 1.19 bits per heavy atom. The van der Waals surface area contributed by atoms with Crippen LogP contribution in [0.25, 0.3) is 0 Å². The summed E-state index contributed by atoms with van der Waals surface area (Å²) < 4.78 is 0. The van der Waals surface area contributed by atoms with Crippen LogP contribution in [0.4, 0.5) is 0 Å². The number of hydrogen-bond acceptors (Lipinski definition) is 0. The maximum Gasteiger partial charge on any atom is 2.00 e. The zero-order chi connectivity index (χ0) is 15.3. The molecular weight excluding hydrogens is 331 g/mol. The molecule has 0 unspecified atom stereocenters. The van der Waals surface area contributed by atoms with Crippen LogP contribution in [0, 0.1) is 23.5 Å². The molecule has 2 aliphatic rings. The van der Waals surface area contributed by atoms with E-state index in [1.54, 1.807) is 0 Å². The Hall–Kier alpha value is -0.157. The Morgan fingerprint density at radius 2 is 1.81 bits per heavy atom. The minimum atomic E-state index is 0. The van der Waals surface area contributed by atoms with Gasteiger partial charge in [-0.25, -0.2) is 17.2 Å². The summed E-state index contributed by atoms with van der Waals surface area (Å²) in [5, 5.41) is 0. The van der Waals surface area contributed by atoms with Crippen LogP contribution >= 0.6 is 0 Å². The second-order valence-corrected chi connectivity index (χ2v) is 6.87. The molecule has 1 heteroatoms. The van der Waals surface area contributed by atoms with Crippen molar-refractivity contribution in [1.82, 2.24) is 0 Å². The SMILES string of the molecule is CC(C)CCC1=[C-]CC=C1.CC1=[C-]C(C)(C)C(C)=C1C.[Zr+2]. The van der Waals surface area contributed by atoms with E-state index < -0.39 is 0 Å². The summed E-state index contributed by atoms with van der Waals surface area (Å²) in [5.74, 6) is 0.822. The Bertz CT molecular complexity index is 456. The first-order valence-electron chi connectivity index (χ1n) is 7.80. The summed E-state index contributed by atoms with van der Waals surface area (Å²) >= 11 is 0. The first-order valence-corrected chi connectivity index (χ1v) is 7.80. The third-order valence-corrected chi connectivity index (χ3v) is 4.32. The topological polar surface area (TPSA) is 0 Å². The van der Waals surface area contributed by atoms with Crippen LogP contribution in [-0.2, 0) is 26.2 Å². The fourth-order valence-corrected chi connectivity index (χ4v) is 2.47.